The van der Waals surface area contributed by atoms with Crippen LogP contribution in [0.2, 0.25) is 5.02 Å². The fraction of sp³-hybridized carbons (Fsp3) is 0.0417. The molecule has 3 aromatic carbocycles. The molecule has 1 heterocycles. The normalized spacial score (nSPS) is 10.9. The summed E-state index contributed by atoms with van der Waals surface area (Å²) in [5.74, 6) is 1.13. The van der Waals surface area contributed by atoms with E-state index in [-0.39, 0.29) is 12.5 Å². The van der Waals surface area contributed by atoms with Crippen LogP contribution in [0.5, 0.6) is 5.75 Å². The van der Waals surface area contributed by atoms with Crippen LogP contribution in [0.3, 0.4) is 0 Å². The average molecular weight is 432 g/mol. The minimum atomic E-state index is -0.283. The second kappa shape index (κ2) is 9.73. The maximum atomic E-state index is 12.4. The fourth-order valence-electron chi connectivity index (χ4n) is 2.79. The highest BCUT2D eigenvalue weighted by Gasteiger charge is 2.14. The van der Waals surface area contributed by atoms with Crippen molar-refractivity contribution < 1.29 is 14.1 Å². The van der Waals surface area contributed by atoms with E-state index in [1.54, 1.807) is 30.3 Å². The van der Waals surface area contributed by atoms with E-state index in [0.717, 1.165) is 5.56 Å². The average Bonchev–Trinajstić information content (AvgIpc) is 3.27. The largest absolute Gasteiger partial charge is 0.485 e. The summed E-state index contributed by atoms with van der Waals surface area (Å²) >= 11 is 5.88. The van der Waals surface area contributed by atoms with Crippen molar-refractivity contribution in [3.8, 4) is 17.2 Å². The zero-order valence-electron chi connectivity index (χ0n) is 16.4. The van der Waals surface area contributed by atoms with Crippen molar-refractivity contribution in [1.29, 1.82) is 0 Å². The molecule has 1 aromatic heterocycles. The Kier molecular flexibility index (Phi) is 6.40. The first-order valence-electron chi connectivity index (χ1n) is 9.52. The van der Waals surface area contributed by atoms with Crippen molar-refractivity contribution in [2.45, 2.75) is 6.61 Å². The number of ether oxygens (including phenoxy) is 1. The molecular formula is C24H18ClN3O3. The monoisotopic (exact) mass is 431 g/mol. The van der Waals surface area contributed by atoms with Gasteiger partial charge in [0.05, 0.1) is 11.3 Å². The smallest absolute Gasteiger partial charge is 0.260 e. The molecular weight excluding hydrogens is 414 g/mol. The zero-order chi connectivity index (χ0) is 21.5. The Bertz CT molecular complexity index is 1190. The third-order valence-corrected chi connectivity index (χ3v) is 4.54. The van der Waals surface area contributed by atoms with Gasteiger partial charge in [0.25, 0.3) is 5.89 Å². The minimum Gasteiger partial charge on any atom is -0.485 e. The first kappa shape index (κ1) is 20.4. The molecule has 7 heteroatoms. The van der Waals surface area contributed by atoms with E-state index in [4.69, 9.17) is 20.9 Å². The van der Waals surface area contributed by atoms with E-state index in [2.05, 4.69) is 15.5 Å². The maximum absolute atomic E-state index is 12.4. The Hall–Kier alpha value is -3.90. The van der Waals surface area contributed by atoms with Crippen LogP contribution in [0.15, 0.2) is 89.5 Å². The number of hydrogen-bond acceptors (Lipinski definition) is 5. The highest BCUT2D eigenvalue weighted by Crippen LogP contribution is 2.26. The lowest BCUT2D eigenvalue weighted by Gasteiger charge is -2.06. The van der Waals surface area contributed by atoms with Gasteiger partial charge in [-0.15, -0.1) is 0 Å². The number of hydrogen-bond donors (Lipinski definition) is 1. The summed E-state index contributed by atoms with van der Waals surface area (Å²) in [5.41, 5.74) is 2.05. The summed E-state index contributed by atoms with van der Waals surface area (Å²) < 4.78 is 11.0. The highest BCUT2D eigenvalue weighted by molar-refractivity contribution is 6.30. The van der Waals surface area contributed by atoms with E-state index < -0.39 is 0 Å². The van der Waals surface area contributed by atoms with E-state index >= 15 is 0 Å². The van der Waals surface area contributed by atoms with Crippen molar-refractivity contribution in [2.75, 3.05) is 5.32 Å². The SMILES string of the molecule is O=C(/C=C/c1ccc(Cl)cc1)Nc1ccccc1-c1nc(COc2ccccc2)no1. The van der Waals surface area contributed by atoms with Gasteiger partial charge in [0.2, 0.25) is 11.7 Å². The van der Waals surface area contributed by atoms with Gasteiger partial charge < -0.3 is 14.6 Å². The van der Waals surface area contributed by atoms with Crippen LogP contribution >= 0.6 is 11.6 Å². The molecule has 1 N–H and O–H groups in total. The van der Waals surface area contributed by atoms with Crippen molar-refractivity contribution in [3.05, 3.63) is 101 Å². The Morgan fingerprint density at radius 2 is 1.74 bits per heavy atom. The first-order valence-corrected chi connectivity index (χ1v) is 9.90. The van der Waals surface area contributed by atoms with E-state index in [1.807, 2.05) is 54.6 Å². The minimum absolute atomic E-state index is 0.172. The van der Waals surface area contributed by atoms with E-state index in [1.165, 1.54) is 6.08 Å². The number of aromatic nitrogens is 2. The summed E-state index contributed by atoms with van der Waals surface area (Å²) in [6, 6.07) is 23.8. The fourth-order valence-corrected chi connectivity index (χ4v) is 2.91. The summed E-state index contributed by atoms with van der Waals surface area (Å²) in [5, 5.41) is 7.45. The number of carbonyl (C=O) groups is 1. The van der Waals surface area contributed by atoms with E-state index in [9.17, 15) is 4.79 Å². The third-order valence-electron chi connectivity index (χ3n) is 4.29. The topological polar surface area (TPSA) is 77.2 Å². The molecule has 31 heavy (non-hydrogen) atoms. The summed E-state index contributed by atoms with van der Waals surface area (Å²) in [7, 11) is 0. The standard InChI is InChI=1S/C24H18ClN3O3/c25-18-13-10-17(11-14-18)12-15-23(29)26-21-9-5-4-8-20(21)24-27-22(28-31-24)16-30-19-6-2-1-3-7-19/h1-15H,16H2,(H,26,29)/b15-12+. The lowest BCUT2D eigenvalue weighted by molar-refractivity contribution is -0.111. The number of para-hydroxylation sites is 2. The van der Waals surface area contributed by atoms with Gasteiger partial charge in [-0.2, -0.15) is 4.98 Å². The van der Waals surface area contributed by atoms with Gasteiger partial charge in [-0.3, -0.25) is 4.79 Å². The van der Waals surface area contributed by atoms with Crippen LogP contribution in [-0.4, -0.2) is 16.0 Å². The number of amides is 1. The molecule has 0 spiro atoms. The second-order valence-electron chi connectivity index (χ2n) is 6.54. The molecule has 1 amide bonds. The van der Waals surface area contributed by atoms with Gasteiger partial charge in [0.1, 0.15) is 5.75 Å². The van der Waals surface area contributed by atoms with Gasteiger partial charge in [-0.05, 0) is 48.0 Å². The van der Waals surface area contributed by atoms with Gasteiger partial charge >= 0.3 is 0 Å². The van der Waals surface area contributed by atoms with Crippen LogP contribution in [-0.2, 0) is 11.4 Å². The third kappa shape index (κ3) is 5.58. The lowest BCUT2D eigenvalue weighted by Crippen LogP contribution is -2.08. The van der Waals surface area contributed by atoms with Crippen LogP contribution in [0, 0.1) is 0 Å². The predicted octanol–water partition coefficient (Wildman–Crippen LogP) is 5.62. The zero-order valence-corrected chi connectivity index (χ0v) is 17.1. The van der Waals surface area contributed by atoms with Crippen molar-refractivity contribution in [1.82, 2.24) is 10.1 Å². The van der Waals surface area contributed by atoms with Crippen LogP contribution < -0.4 is 10.1 Å². The first-order chi connectivity index (χ1) is 15.2. The molecule has 0 radical (unpaired) electrons. The summed E-state index contributed by atoms with van der Waals surface area (Å²) in [6.45, 7) is 0.172. The molecule has 0 unspecified atom stereocenters. The number of halogens is 1. The molecule has 0 atom stereocenters. The Morgan fingerprint density at radius 3 is 2.55 bits per heavy atom. The van der Waals surface area contributed by atoms with Gasteiger partial charge in [0.15, 0.2) is 6.61 Å². The molecule has 6 nitrogen and oxygen atoms in total. The highest BCUT2D eigenvalue weighted by atomic mass is 35.5. The molecule has 0 aliphatic heterocycles. The van der Waals surface area contributed by atoms with Gasteiger partial charge in [0, 0.05) is 11.1 Å². The Balaban J connectivity index is 1.44. The van der Waals surface area contributed by atoms with Gasteiger partial charge in [-0.25, -0.2) is 0 Å². The Labute approximate surface area is 184 Å². The predicted molar refractivity (Wildman–Crippen MR) is 120 cm³/mol. The second-order valence-corrected chi connectivity index (χ2v) is 6.97. The molecule has 0 fully saturated rings. The van der Waals surface area contributed by atoms with Gasteiger partial charge in [-0.1, -0.05) is 59.2 Å². The van der Waals surface area contributed by atoms with Crippen LogP contribution in [0.4, 0.5) is 5.69 Å². The molecule has 0 bridgehead atoms. The molecule has 0 saturated heterocycles. The molecule has 0 aliphatic rings. The van der Waals surface area contributed by atoms with Crippen LogP contribution in [0.1, 0.15) is 11.4 Å². The number of nitrogens with one attached hydrogen (secondary N) is 1. The lowest BCUT2D eigenvalue weighted by atomic mass is 10.1. The van der Waals surface area contributed by atoms with Crippen molar-refractivity contribution in [2.24, 2.45) is 0 Å². The summed E-state index contributed by atoms with van der Waals surface area (Å²) in [4.78, 5) is 16.8. The molecule has 0 saturated carbocycles. The quantitative estimate of drug-likeness (QED) is 0.384. The maximum Gasteiger partial charge on any atom is 0.260 e. The van der Waals surface area contributed by atoms with Crippen LogP contribution in [0.25, 0.3) is 17.5 Å². The number of benzene rings is 3. The molecule has 0 aliphatic carbocycles. The van der Waals surface area contributed by atoms with Crippen molar-refractivity contribution >= 4 is 29.3 Å². The number of anilines is 1. The molecule has 154 valence electrons. The number of rotatable bonds is 7. The molecule has 4 rings (SSSR count). The number of carbonyl (C=O) groups excluding carboxylic acids is 1. The van der Waals surface area contributed by atoms with E-state index in [0.29, 0.717) is 33.7 Å². The molecule has 4 aromatic rings. The summed E-state index contributed by atoms with van der Waals surface area (Å²) in [6.07, 6.45) is 3.16. The Morgan fingerprint density at radius 1 is 1.00 bits per heavy atom. The van der Waals surface area contributed by atoms with Crippen molar-refractivity contribution in [3.63, 3.8) is 0 Å². The number of nitrogens with zero attached hydrogens (tertiary/aromatic N) is 2.